The summed E-state index contributed by atoms with van der Waals surface area (Å²) >= 11 is 0. The van der Waals surface area contributed by atoms with Crippen LogP contribution in [0.3, 0.4) is 0 Å². The number of aliphatic hydroxyl groups excluding tert-OH is 1. The molecular weight excluding hydrogens is 466 g/mol. The molecule has 7 nitrogen and oxygen atoms in total. The number of carbonyl (C=O) groups excluding carboxylic acids is 1. The molecule has 37 heavy (non-hydrogen) atoms. The molecule has 0 aliphatic heterocycles. The molecule has 0 fully saturated rings. The summed E-state index contributed by atoms with van der Waals surface area (Å²) in [5.41, 5.74) is 5.51. The van der Waals surface area contributed by atoms with Crippen LogP contribution in [0.25, 0.3) is 32.8 Å². The molecule has 3 aromatic carbocycles. The van der Waals surface area contributed by atoms with Crippen LogP contribution in [-0.2, 0) is 24.8 Å². The highest BCUT2D eigenvalue weighted by molar-refractivity contribution is 6.04. The van der Waals surface area contributed by atoms with Crippen LogP contribution < -0.4 is 4.74 Å². The zero-order valence-corrected chi connectivity index (χ0v) is 21.4. The van der Waals surface area contributed by atoms with Gasteiger partial charge in [0.25, 0.3) is 0 Å². The molecule has 0 radical (unpaired) electrons. The van der Waals surface area contributed by atoms with Crippen molar-refractivity contribution in [3.8, 4) is 16.9 Å². The molecule has 0 aliphatic carbocycles. The van der Waals surface area contributed by atoms with E-state index in [0.717, 1.165) is 56.2 Å². The van der Waals surface area contributed by atoms with Gasteiger partial charge < -0.3 is 19.6 Å². The van der Waals surface area contributed by atoms with Crippen LogP contribution in [-0.4, -0.2) is 39.1 Å². The Morgan fingerprint density at radius 1 is 1.08 bits per heavy atom. The van der Waals surface area contributed by atoms with E-state index in [1.165, 1.54) is 0 Å². The zero-order valence-electron chi connectivity index (χ0n) is 21.4. The predicted octanol–water partition coefficient (Wildman–Crippen LogP) is 5.96. The van der Waals surface area contributed by atoms with E-state index < -0.39 is 0 Å². The number of aliphatic hydroxyl groups is 1. The van der Waals surface area contributed by atoms with Gasteiger partial charge in [0, 0.05) is 36.1 Å². The molecule has 2 N–H and O–H groups in total. The Labute approximate surface area is 217 Å². The highest BCUT2D eigenvalue weighted by Gasteiger charge is 2.23. The summed E-state index contributed by atoms with van der Waals surface area (Å²) in [5.74, 6) is 0.480. The number of benzene rings is 3. The van der Waals surface area contributed by atoms with E-state index in [1.54, 1.807) is 11.6 Å². The van der Waals surface area contributed by atoms with Gasteiger partial charge in [-0.1, -0.05) is 54.6 Å². The van der Waals surface area contributed by atoms with Crippen molar-refractivity contribution in [2.75, 3.05) is 13.2 Å². The van der Waals surface area contributed by atoms with Crippen LogP contribution in [0.15, 0.2) is 60.7 Å². The number of nitrogens with zero attached hydrogens (tertiary/aromatic N) is 2. The third-order valence-corrected chi connectivity index (χ3v) is 6.82. The molecule has 0 saturated heterocycles. The van der Waals surface area contributed by atoms with E-state index in [2.05, 4.69) is 28.3 Å². The first-order valence-corrected chi connectivity index (χ1v) is 12.6. The van der Waals surface area contributed by atoms with Gasteiger partial charge in [0.2, 0.25) is 0 Å². The number of aryl methyl sites for hydroxylation is 2. The maximum atomic E-state index is 12.9. The van der Waals surface area contributed by atoms with Crippen LogP contribution in [0.5, 0.6) is 5.75 Å². The number of nitrogens with one attached hydrogen (secondary N) is 1. The molecule has 0 saturated carbocycles. The second-order valence-electron chi connectivity index (χ2n) is 9.05. The molecule has 5 rings (SSSR count). The quantitative estimate of drug-likeness (QED) is 0.193. The van der Waals surface area contributed by atoms with Crippen molar-refractivity contribution in [1.29, 1.82) is 0 Å². The fourth-order valence-corrected chi connectivity index (χ4v) is 5.01. The lowest BCUT2D eigenvalue weighted by Crippen LogP contribution is -2.09. The lowest BCUT2D eigenvalue weighted by atomic mass is 9.98. The third-order valence-electron chi connectivity index (χ3n) is 6.82. The number of para-hydroxylation sites is 1. The Bertz CT molecular complexity index is 1580. The summed E-state index contributed by atoms with van der Waals surface area (Å²) in [6.45, 7) is 4.41. The van der Waals surface area contributed by atoms with Crippen LogP contribution >= 0.6 is 0 Å². The molecule has 7 heteroatoms. The van der Waals surface area contributed by atoms with Gasteiger partial charge in [-0.3, -0.25) is 4.68 Å². The van der Waals surface area contributed by atoms with Gasteiger partial charge in [0.1, 0.15) is 11.4 Å². The van der Waals surface area contributed by atoms with Gasteiger partial charge >= 0.3 is 5.97 Å². The number of fused-ring (bicyclic) bond motifs is 2. The van der Waals surface area contributed by atoms with Gasteiger partial charge in [-0.25, -0.2) is 4.79 Å². The van der Waals surface area contributed by atoms with E-state index in [0.29, 0.717) is 31.0 Å². The Morgan fingerprint density at radius 3 is 2.65 bits per heavy atom. The largest absolute Gasteiger partial charge is 0.493 e. The lowest BCUT2D eigenvalue weighted by Gasteiger charge is -2.10. The number of esters is 1. The Hall–Kier alpha value is -4.10. The van der Waals surface area contributed by atoms with Crippen LogP contribution in [0.4, 0.5) is 0 Å². The van der Waals surface area contributed by atoms with Crippen molar-refractivity contribution in [2.45, 2.75) is 33.3 Å². The number of carbonyl (C=O) groups is 1. The molecule has 5 aromatic rings. The number of aromatic amines is 1. The van der Waals surface area contributed by atoms with Crippen LogP contribution in [0, 0.1) is 6.92 Å². The average molecular weight is 500 g/mol. The molecule has 0 aliphatic rings. The van der Waals surface area contributed by atoms with Crippen molar-refractivity contribution in [3.05, 3.63) is 83.3 Å². The minimum Gasteiger partial charge on any atom is -0.493 e. The lowest BCUT2D eigenvalue weighted by molar-refractivity contribution is 0.0519. The van der Waals surface area contributed by atoms with E-state index in [1.807, 2.05) is 56.4 Å². The highest BCUT2D eigenvalue weighted by Crippen LogP contribution is 2.36. The minimum absolute atomic E-state index is 0. The van der Waals surface area contributed by atoms with Gasteiger partial charge in [-0.05, 0) is 43.7 Å². The number of hydrogen-bond donors (Lipinski definition) is 2. The Balaban J connectivity index is 0.00000336. The summed E-state index contributed by atoms with van der Waals surface area (Å²) in [7, 11) is 1.86. The molecule has 2 heterocycles. The average Bonchev–Trinajstić information content (AvgIpc) is 3.43. The van der Waals surface area contributed by atoms with Crippen molar-refractivity contribution in [1.82, 2.24) is 14.8 Å². The second-order valence-corrected chi connectivity index (χ2v) is 9.05. The summed E-state index contributed by atoms with van der Waals surface area (Å²) in [6, 6.07) is 20.2. The number of H-pyrrole nitrogens is 1. The topological polar surface area (TPSA) is 89.4 Å². The molecule has 0 atom stereocenters. The van der Waals surface area contributed by atoms with Crippen molar-refractivity contribution in [2.24, 2.45) is 7.05 Å². The fourth-order valence-electron chi connectivity index (χ4n) is 5.01. The molecule has 2 aromatic heterocycles. The number of rotatable bonds is 9. The van der Waals surface area contributed by atoms with E-state index >= 15 is 0 Å². The van der Waals surface area contributed by atoms with Gasteiger partial charge in [0.05, 0.1) is 31.0 Å². The van der Waals surface area contributed by atoms with Crippen LogP contribution in [0.2, 0.25) is 0 Å². The molecule has 0 bridgehead atoms. The third kappa shape index (κ3) is 4.58. The summed E-state index contributed by atoms with van der Waals surface area (Å²) in [5, 5.41) is 17.6. The minimum atomic E-state index is -0.375. The summed E-state index contributed by atoms with van der Waals surface area (Å²) in [6.07, 6.45) is 1.36. The zero-order chi connectivity index (χ0) is 25.9. The summed E-state index contributed by atoms with van der Waals surface area (Å²) in [4.78, 5) is 16.3. The normalized spacial score (nSPS) is 11.4. The highest BCUT2D eigenvalue weighted by atomic mass is 16.5. The Kier molecular flexibility index (Phi) is 6.97. The first kappa shape index (κ1) is 24.6. The molecule has 0 spiro atoms. The first-order chi connectivity index (χ1) is 18.0. The second kappa shape index (κ2) is 10.5. The maximum absolute atomic E-state index is 12.9. The predicted molar refractivity (Wildman–Crippen MR) is 147 cm³/mol. The molecule has 0 amide bonds. The summed E-state index contributed by atoms with van der Waals surface area (Å²) < 4.78 is 13.3. The molecule has 192 valence electrons. The smallest absolute Gasteiger partial charge is 0.355 e. The van der Waals surface area contributed by atoms with Gasteiger partial charge in [-0.2, -0.15) is 5.10 Å². The molecular formula is C30H33N3O4. The standard InChI is InChI=1S/C30H31N3O4.H2/c1-4-36-30(35)29-23(15-9-17-37-26-16-7-11-20-10-5-6-12-21(20)26)22-13-8-14-24(28(22)31-29)27-19(2)33(3)32-25(27)18-34;/h5-8,10-14,16,31,34H,4,9,15,17-18H2,1-3H3;1H. The van der Waals surface area contributed by atoms with E-state index in [4.69, 9.17) is 9.47 Å². The Morgan fingerprint density at radius 2 is 1.84 bits per heavy atom. The molecule has 0 unspecified atom stereocenters. The van der Waals surface area contributed by atoms with Crippen LogP contribution in [0.1, 0.15) is 42.2 Å². The maximum Gasteiger partial charge on any atom is 0.355 e. The SMILES string of the molecule is CCOC(=O)c1[nH]c2c(-c3c(CO)nn(C)c3C)cccc2c1CCCOc1cccc2ccccc12.[HH]. The fraction of sp³-hybridized carbons (Fsp3) is 0.267. The van der Waals surface area contributed by atoms with Gasteiger partial charge in [0.15, 0.2) is 0 Å². The first-order valence-electron chi connectivity index (χ1n) is 12.6. The number of ether oxygens (including phenoxy) is 2. The van der Waals surface area contributed by atoms with E-state index in [9.17, 15) is 9.90 Å². The van der Waals surface area contributed by atoms with Crippen molar-refractivity contribution in [3.63, 3.8) is 0 Å². The van der Waals surface area contributed by atoms with E-state index in [-0.39, 0.29) is 14.0 Å². The van der Waals surface area contributed by atoms with Gasteiger partial charge in [-0.15, -0.1) is 0 Å². The monoisotopic (exact) mass is 499 g/mol. The van der Waals surface area contributed by atoms with Crippen molar-refractivity contribution < 1.29 is 20.8 Å². The number of hydrogen-bond acceptors (Lipinski definition) is 5. The number of aromatic nitrogens is 3. The van der Waals surface area contributed by atoms with Crippen molar-refractivity contribution >= 4 is 27.6 Å².